The molecular weight excluding hydrogens is 486 g/mol. The van der Waals surface area contributed by atoms with Crippen molar-refractivity contribution in [3.63, 3.8) is 0 Å². The highest BCUT2D eigenvalue weighted by molar-refractivity contribution is 7.89. The number of hydrogen-bond donors (Lipinski definition) is 1. The third kappa shape index (κ3) is 5.38. The SMILES string of the molecule is CC1(C)CCc2cc(S(=O)(=O)N(CC(=O)O)Cc3ccc(-c4ccc5ccccc5c4)cc3)ccc2O1. The van der Waals surface area contributed by atoms with Gasteiger partial charge in [-0.2, -0.15) is 4.31 Å². The van der Waals surface area contributed by atoms with Crippen LogP contribution in [0.4, 0.5) is 0 Å². The zero-order chi connectivity index (χ0) is 26.2. The molecule has 0 radical (unpaired) electrons. The molecule has 4 aromatic carbocycles. The summed E-state index contributed by atoms with van der Waals surface area (Å²) in [5.74, 6) is -0.538. The molecule has 1 heterocycles. The van der Waals surface area contributed by atoms with Crippen LogP contribution in [0.5, 0.6) is 5.75 Å². The molecule has 0 aliphatic carbocycles. The van der Waals surface area contributed by atoms with Gasteiger partial charge in [-0.1, -0.05) is 60.7 Å². The van der Waals surface area contributed by atoms with Crippen LogP contribution in [0, 0.1) is 0 Å². The fourth-order valence-corrected chi connectivity index (χ4v) is 6.13. The van der Waals surface area contributed by atoms with E-state index in [1.165, 1.54) is 6.07 Å². The summed E-state index contributed by atoms with van der Waals surface area (Å²) in [4.78, 5) is 11.7. The molecular formula is C30H29NO5S. The lowest BCUT2D eigenvalue weighted by Gasteiger charge is -2.33. The number of carboxylic acid groups (broad SMARTS) is 1. The Kier molecular flexibility index (Phi) is 6.52. The van der Waals surface area contributed by atoms with E-state index >= 15 is 0 Å². The zero-order valence-corrected chi connectivity index (χ0v) is 21.7. The molecule has 1 aliphatic heterocycles. The van der Waals surface area contributed by atoms with E-state index < -0.39 is 22.5 Å². The van der Waals surface area contributed by atoms with Crippen molar-refractivity contribution in [3.05, 3.63) is 96.1 Å². The van der Waals surface area contributed by atoms with E-state index in [0.29, 0.717) is 17.7 Å². The number of carbonyl (C=O) groups is 1. The topological polar surface area (TPSA) is 83.9 Å². The average molecular weight is 516 g/mol. The number of benzene rings is 4. The van der Waals surface area contributed by atoms with Gasteiger partial charge < -0.3 is 9.84 Å². The lowest BCUT2D eigenvalue weighted by molar-refractivity contribution is -0.137. The molecule has 6 nitrogen and oxygen atoms in total. The number of aliphatic carboxylic acids is 1. The van der Waals surface area contributed by atoms with E-state index in [1.807, 2.05) is 50.2 Å². The van der Waals surface area contributed by atoms with Gasteiger partial charge >= 0.3 is 5.97 Å². The Hall–Kier alpha value is -3.68. The minimum absolute atomic E-state index is 0.0484. The standard InChI is InChI=1S/C30H29NO5S/c1-30(2)16-15-26-18-27(13-14-28(26)36-30)37(34,35)31(20-29(32)33)19-21-7-9-23(10-8-21)25-12-11-22-5-3-4-6-24(22)17-25/h3-14,17-18H,15-16,19-20H2,1-2H3,(H,32,33). The molecule has 1 aliphatic rings. The molecule has 0 amide bonds. The van der Waals surface area contributed by atoms with E-state index in [0.717, 1.165) is 38.2 Å². The number of sulfonamides is 1. The third-order valence-electron chi connectivity index (χ3n) is 6.76. The van der Waals surface area contributed by atoms with E-state index in [2.05, 4.69) is 30.3 Å². The summed E-state index contributed by atoms with van der Waals surface area (Å²) in [6, 6.07) is 26.7. The second-order valence-corrected chi connectivity index (χ2v) is 12.0. The maximum Gasteiger partial charge on any atom is 0.318 e. The lowest BCUT2D eigenvalue weighted by Crippen LogP contribution is -2.36. The van der Waals surface area contributed by atoms with Crippen LogP contribution in [0.25, 0.3) is 21.9 Å². The fraction of sp³-hybridized carbons (Fsp3) is 0.233. The van der Waals surface area contributed by atoms with Crippen molar-refractivity contribution in [2.75, 3.05) is 6.54 Å². The van der Waals surface area contributed by atoms with Crippen LogP contribution < -0.4 is 4.74 Å². The first-order valence-corrected chi connectivity index (χ1v) is 13.7. The van der Waals surface area contributed by atoms with E-state index in [1.54, 1.807) is 12.1 Å². The van der Waals surface area contributed by atoms with Gasteiger partial charge in [-0.05, 0) is 84.0 Å². The monoisotopic (exact) mass is 515 g/mol. The summed E-state index contributed by atoms with van der Waals surface area (Å²) in [7, 11) is -4.05. The molecule has 0 bridgehead atoms. The van der Waals surface area contributed by atoms with Crippen LogP contribution in [0.3, 0.4) is 0 Å². The first kappa shape index (κ1) is 25.0. The molecule has 0 fully saturated rings. The van der Waals surface area contributed by atoms with Gasteiger partial charge in [0.1, 0.15) is 17.9 Å². The van der Waals surface area contributed by atoms with Gasteiger partial charge in [0.2, 0.25) is 10.0 Å². The smallest absolute Gasteiger partial charge is 0.318 e. The Bertz CT molecular complexity index is 1580. The number of rotatable bonds is 7. The molecule has 1 N–H and O–H groups in total. The van der Waals surface area contributed by atoms with Crippen molar-refractivity contribution in [2.45, 2.75) is 43.7 Å². The van der Waals surface area contributed by atoms with Crippen LogP contribution in [-0.2, 0) is 27.8 Å². The molecule has 0 saturated carbocycles. The Morgan fingerprint density at radius 1 is 0.919 bits per heavy atom. The highest BCUT2D eigenvalue weighted by Crippen LogP contribution is 2.35. The van der Waals surface area contributed by atoms with E-state index in [4.69, 9.17) is 4.74 Å². The summed E-state index contributed by atoms with van der Waals surface area (Å²) in [6.07, 6.45) is 1.47. The Balaban J connectivity index is 1.40. The predicted molar refractivity (Wildman–Crippen MR) is 144 cm³/mol. The zero-order valence-electron chi connectivity index (χ0n) is 20.8. The normalized spacial score (nSPS) is 14.8. The van der Waals surface area contributed by atoms with Gasteiger partial charge in [-0.15, -0.1) is 0 Å². The molecule has 0 atom stereocenters. The number of nitrogens with zero attached hydrogens (tertiary/aromatic N) is 1. The Labute approximate surface area is 217 Å². The molecule has 0 saturated heterocycles. The van der Waals surface area contributed by atoms with Gasteiger partial charge in [0.25, 0.3) is 0 Å². The molecule has 0 aromatic heterocycles. The molecule has 7 heteroatoms. The van der Waals surface area contributed by atoms with E-state index in [-0.39, 0.29) is 17.0 Å². The van der Waals surface area contributed by atoms with Crippen molar-refractivity contribution in [2.24, 2.45) is 0 Å². The third-order valence-corrected chi connectivity index (χ3v) is 8.55. The molecule has 5 rings (SSSR count). The van der Waals surface area contributed by atoms with Gasteiger partial charge in [-0.25, -0.2) is 8.42 Å². The maximum absolute atomic E-state index is 13.5. The van der Waals surface area contributed by atoms with Crippen LogP contribution in [0.2, 0.25) is 0 Å². The molecule has 190 valence electrons. The average Bonchev–Trinajstić information content (AvgIpc) is 2.87. The van der Waals surface area contributed by atoms with Crippen LogP contribution in [0.1, 0.15) is 31.4 Å². The predicted octanol–water partition coefficient (Wildman–Crippen LogP) is 5.89. The summed E-state index contributed by atoms with van der Waals surface area (Å²) in [6.45, 7) is 3.32. The van der Waals surface area contributed by atoms with Crippen LogP contribution in [-0.4, -0.2) is 35.9 Å². The minimum atomic E-state index is -4.05. The number of hydrogen-bond acceptors (Lipinski definition) is 4. The van der Waals surface area contributed by atoms with Gasteiger partial charge in [0.05, 0.1) is 4.90 Å². The molecule has 0 unspecified atom stereocenters. The highest BCUT2D eigenvalue weighted by Gasteiger charge is 2.31. The molecule has 4 aromatic rings. The van der Waals surface area contributed by atoms with Gasteiger partial charge in [0.15, 0.2) is 0 Å². The van der Waals surface area contributed by atoms with Crippen molar-refractivity contribution >= 4 is 26.8 Å². The second-order valence-electron chi connectivity index (χ2n) is 10.1. The Morgan fingerprint density at radius 3 is 2.35 bits per heavy atom. The molecule has 37 heavy (non-hydrogen) atoms. The number of fused-ring (bicyclic) bond motifs is 2. The first-order valence-electron chi connectivity index (χ1n) is 12.2. The summed E-state index contributed by atoms with van der Waals surface area (Å²) in [5.41, 5.74) is 3.27. The van der Waals surface area contributed by atoms with Crippen molar-refractivity contribution in [1.82, 2.24) is 4.31 Å². The number of ether oxygens (including phenoxy) is 1. The largest absolute Gasteiger partial charge is 0.488 e. The quantitative estimate of drug-likeness (QED) is 0.332. The van der Waals surface area contributed by atoms with Crippen LogP contribution in [0.15, 0.2) is 89.8 Å². The van der Waals surface area contributed by atoms with Gasteiger partial charge in [-0.3, -0.25) is 4.79 Å². The minimum Gasteiger partial charge on any atom is -0.488 e. The summed E-state index contributed by atoms with van der Waals surface area (Å²) < 4.78 is 34.0. The van der Waals surface area contributed by atoms with Crippen molar-refractivity contribution < 1.29 is 23.1 Å². The molecule has 0 spiro atoms. The fourth-order valence-electron chi connectivity index (χ4n) is 4.70. The maximum atomic E-state index is 13.5. The second kappa shape index (κ2) is 9.65. The van der Waals surface area contributed by atoms with Crippen molar-refractivity contribution in [1.29, 1.82) is 0 Å². The summed E-state index contributed by atoms with van der Waals surface area (Å²) >= 11 is 0. The Morgan fingerprint density at radius 2 is 1.62 bits per heavy atom. The van der Waals surface area contributed by atoms with Crippen molar-refractivity contribution in [3.8, 4) is 16.9 Å². The van der Waals surface area contributed by atoms with Gasteiger partial charge in [0, 0.05) is 6.54 Å². The van der Waals surface area contributed by atoms with Crippen LogP contribution >= 0.6 is 0 Å². The highest BCUT2D eigenvalue weighted by atomic mass is 32.2. The first-order chi connectivity index (χ1) is 17.6. The van der Waals surface area contributed by atoms with E-state index in [9.17, 15) is 18.3 Å². The lowest BCUT2D eigenvalue weighted by atomic mass is 9.94. The number of carboxylic acids is 1. The number of aryl methyl sites for hydroxylation is 1. The summed E-state index contributed by atoms with van der Waals surface area (Å²) in [5, 5.41) is 11.8.